The van der Waals surface area contributed by atoms with E-state index in [0.717, 1.165) is 25.3 Å². The van der Waals surface area contributed by atoms with E-state index in [2.05, 4.69) is 5.32 Å². The normalized spacial score (nSPS) is 20.4. The average molecular weight is 255 g/mol. The number of anilines is 1. The molecule has 1 aliphatic rings. The summed E-state index contributed by atoms with van der Waals surface area (Å²) in [4.78, 5) is 0.383. The van der Waals surface area contributed by atoms with Crippen LogP contribution in [0.1, 0.15) is 13.3 Å². The number of nitrogens with one attached hydrogen (secondary N) is 1. The molecule has 2 rings (SSSR count). The van der Waals surface area contributed by atoms with Gasteiger partial charge in [-0.25, -0.2) is 8.42 Å². The van der Waals surface area contributed by atoms with Gasteiger partial charge in [-0.05, 0) is 30.7 Å². The van der Waals surface area contributed by atoms with E-state index in [-0.39, 0.29) is 5.75 Å². The summed E-state index contributed by atoms with van der Waals surface area (Å²) in [6.07, 6.45) is 0.995. The summed E-state index contributed by atoms with van der Waals surface area (Å²) in [6, 6.07) is 7.25. The van der Waals surface area contributed by atoms with Crippen molar-refractivity contribution in [3.05, 3.63) is 24.3 Å². The van der Waals surface area contributed by atoms with Gasteiger partial charge in [0.25, 0.3) is 0 Å². The highest BCUT2D eigenvalue weighted by atomic mass is 32.2. The Kier molecular flexibility index (Phi) is 3.69. The van der Waals surface area contributed by atoms with Gasteiger partial charge in [0.15, 0.2) is 9.84 Å². The van der Waals surface area contributed by atoms with Crippen LogP contribution < -0.4 is 5.32 Å². The van der Waals surface area contributed by atoms with E-state index in [1.54, 1.807) is 31.2 Å². The lowest BCUT2D eigenvalue weighted by Gasteiger charge is -2.12. The van der Waals surface area contributed by atoms with E-state index in [1.807, 2.05) is 0 Å². The summed E-state index contributed by atoms with van der Waals surface area (Å²) in [5.74, 6) is 0.135. The minimum Gasteiger partial charge on any atom is -0.380 e. The van der Waals surface area contributed by atoms with Crippen molar-refractivity contribution in [2.24, 2.45) is 0 Å². The van der Waals surface area contributed by atoms with Gasteiger partial charge in [-0.3, -0.25) is 0 Å². The maximum Gasteiger partial charge on any atom is 0.178 e. The smallest absolute Gasteiger partial charge is 0.178 e. The summed E-state index contributed by atoms with van der Waals surface area (Å²) in [7, 11) is -3.09. The van der Waals surface area contributed by atoms with Crippen molar-refractivity contribution in [2.45, 2.75) is 24.3 Å². The fourth-order valence-corrected chi connectivity index (χ4v) is 2.69. The topological polar surface area (TPSA) is 55.4 Å². The van der Waals surface area contributed by atoms with Crippen molar-refractivity contribution in [2.75, 3.05) is 24.3 Å². The van der Waals surface area contributed by atoms with Crippen molar-refractivity contribution in [1.29, 1.82) is 0 Å². The summed E-state index contributed by atoms with van der Waals surface area (Å²) in [5.41, 5.74) is 0.940. The molecule has 0 amide bonds. The second-order valence-electron chi connectivity index (χ2n) is 4.13. The number of ether oxygens (including phenoxy) is 1. The zero-order chi connectivity index (χ0) is 12.3. The summed E-state index contributed by atoms with van der Waals surface area (Å²) < 4.78 is 28.5. The van der Waals surface area contributed by atoms with Crippen molar-refractivity contribution in [3.63, 3.8) is 0 Å². The standard InChI is InChI=1S/C12H17NO3S/c1-2-17(14,15)12-5-3-10(4-6-12)13-11-7-8-16-9-11/h3-6,11,13H,2,7-9H2,1H3. The lowest BCUT2D eigenvalue weighted by Crippen LogP contribution is -2.18. The third kappa shape index (κ3) is 2.98. The van der Waals surface area contributed by atoms with E-state index in [0.29, 0.717) is 10.9 Å². The molecule has 94 valence electrons. The molecule has 1 atom stereocenters. The van der Waals surface area contributed by atoms with Crippen LogP contribution in [-0.4, -0.2) is 33.4 Å². The number of sulfone groups is 1. The summed E-state index contributed by atoms with van der Waals surface area (Å²) in [5, 5.41) is 3.32. The molecule has 1 fully saturated rings. The molecule has 1 aromatic rings. The molecular formula is C12H17NO3S. The molecule has 1 N–H and O–H groups in total. The van der Waals surface area contributed by atoms with Crippen LogP contribution in [0.3, 0.4) is 0 Å². The lowest BCUT2D eigenvalue weighted by atomic mass is 10.2. The third-order valence-electron chi connectivity index (χ3n) is 2.89. The highest BCUT2D eigenvalue weighted by Gasteiger charge is 2.15. The van der Waals surface area contributed by atoms with Crippen molar-refractivity contribution in [1.82, 2.24) is 0 Å². The molecule has 0 radical (unpaired) electrons. The van der Waals surface area contributed by atoms with Gasteiger partial charge in [0, 0.05) is 12.3 Å². The predicted octanol–water partition coefficient (Wildman–Crippen LogP) is 1.68. The SMILES string of the molecule is CCS(=O)(=O)c1ccc(NC2CCOC2)cc1. The highest BCUT2D eigenvalue weighted by molar-refractivity contribution is 7.91. The second-order valence-corrected chi connectivity index (χ2v) is 6.41. The van der Waals surface area contributed by atoms with Crippen LogP contribution in [0.5, 0.6) is 0 Å². The van der Waals surface area contributed by atoms with Gasteiger partial charge in [0.05, 0.1) is 23.3 Å². The molecular weight excluding hydrogens is 238 g/mol. The number of rotatable bonds is 4. The van der Waals surface area contributed by atoms with E-state index < -0.39 is 9.84 Å². The van der Waals surface area contributed by atoms with Crippen LogP contribution >= 0.6 is 0 Å². The van der Waals surface area contributed by atoms with Crippen LogP contribution in [0.4, 0.5) is 5.69 Å². The van der Waals surface area contributed by atoms with Gasteiger partial charge in [-0.15, -0.1) is 0 Å². The lowest BCUT2D eigenvalue weighted by molar-refractivity contribution is 0.195. The predicted molar refractivity (Wildman–Crippen MR) is 67.0 cm³/mol. The Morgan fingerprint density at radius 2 is 2.06 bits per heavy atom. The van der Waals surface area contributed by atoms with E-state index in [1.165, 1.54) is 0 Å². The first-order chi connectivity index (χ1) is 8.12. The third-order valence-corrected chi connectivity index (χ3v) is 4.64. The maximum absolute atomic E-state index is 11.6. The highest BCUT2D eigenvalue weighted by Crippen LogP contribution is 2.17. The molecule has 1 saturated heterocycles. The maximum atomic E-state index is 11.6. The molecule has 1 aromatic carbocycles. The van der Waals surface area contributed by atoms with Crippen LogP contribution in [-0.2, 0) is 14.6 Å². The van der Waals surface area contributed by atoms with Crippen LogP contribution in [0.2, 0.25) is 0 Å². The van der Waals surface area contributed by atoms with Crippen molar-refractivity contribution < 1.29 is 13.2 Å². The van der Waals surface area contributed by atoms with Gasteiger partial charge in [0.2, 0.25) is 0 Å². The van der Waals surface area contributed by atoms with Gasteiger partial charge < -0.3 is 10.1 Å². The first-order valence-electron chi connectivity index (χ1n) is 5.79. The minimum atomic E-state index is -3.09. The quantitative estimate of drug-likeness (QED) is 0.889. The zero-order valence-corrected chi connectivity index (χ0v) is 10.7. The first kappa shape index (κ1) is 12.4. The molecule has 0 aromatic heterocycles. The molecule has 0 aliphatic carbocycles. The largest absolute Gasteiger partial charge is 0.380 e. The van der Waals surface area contributed by atoms with Gasteiger partial charge in [0.1, 0.15) is 0 Å². The molecule has 4 nitrogen and oxygen atoms in total. The average Bonchev–Trinajstić information content (AvgIpc) is 2.83. The van der Waals surface area contributed by atoms with E-state index in [4.69, 9.17) is 4.74 Å². The van der Waals surface area contributed by atoms with E-state index in [9.17, 15) is 8.42 Å². The Labute approximate surface area is 102 Å². The Balaban J connectivity index is 2.07. The molecule has 0 spiro atoms. The van der Waals surface area contributed by atoms with Crippen LogP contribution in [0, 0.1) is 0 Å². The van der Waals surface area contributed by atoms with Crippen molar-refractivity contribution >= 4 is 15.5 Å². The number of hydrogen-bond acceptors (Lipinski definition) is 4. The summed E-state index contributed by atoms with van der Waals surface area (Å²) in [6.45, 7) is 3.16. The molecule has 1 aliphatic heterocycles. The Hall–Kier alpha value is -1.07. The van der Waals surface area contributed by atoms with Gasteiger partial charge in [-0.2, -0.15) is 0 Å². The first-order valence-corrected chi connectivity index (χ1v) is 7.44. The fourth-order valence-electron chi connectivity index (χ4n) is 1.81. The molecule has 0 bridgehead atoms. The van der Waals surface area contributed by atoms with Crippen molar-refractivity contribution in [3.8, 4) is 0 Å². The minimum absolute atomic E-state index is 0.135. The molecule has 5 heteroatoms. The Morgan fingerprint density at radius 3 is 2.59 bits per heavy atom. The van der Waals surface area contributed by atoms with Crippen LogP contribution in [0.15, 0.2) is 29.2 Å². The fraction of sp³-hybridized carbons (Fsp3) is 0.500. The monoisotopic (exact) mass is 255 g/mol. The van der Waals surface area contributed by atoms with Gasteiger partial charge in [-0.1, -0.05) is 6.92 Å². The van der Waals surface area contributed by atoms with Gasteiger partial charge >= 0.3 is 0 Å². The van der Waals surface area contributed by atoms with Crippen LogP contribution in [0.25, 0.3) is 0 Å². The Morgan fingerprint density at radius 1 is 1.35 bits per heavy atom. The molecule has 17 heavy (non-hydrogen) atoms. The van der Waals surface area contributed by atoms with E-state index >= 15 is 0 Å². The Bertz CT molecular complexity index is 461. The number of hydrogen-bond donors (Lipinski definition) is 1. The number of benzene rings is 1. The second kappa shape index (κ2) is 5.06. The zero-order valence-electron chi connectivity index (χ0n) is 9.85. The molecule has 0 saturated carbocycles. The summed E-state index contributed by atoms with van der Waals surface area (Å²) >= 11 is 0. The molecule has 1 heterocycles. The molecule has 1 unspecified atom stereocenters.